The number of aliphatic carboxylic acids is 1. The Labute approximate surface area is 141 Å². The number of rotatable bonds is 16. The van der Waals surface area contributed by atoms with E-state index < -0.39 is 5.97 Å². The zero-order valence-electron chi connectivity index (χ0n) is 14.7. The van der Waals surface area contributed by atoms with E-state index in [0.29, 0.717) is 18.8 Å². The van der Waals surface area contributed by atoms with Crippen LogP contribution >= 0.6 is 0 Å². The second-order valence-corrected chi connectivity index (χ2v) is 6.42. The van der Waals surface area contributed by atoms with E-state index in [1.54, 1.807) is 0 Å². The molecule has 1 rings (SSSR count). The fourth-order valence-electron chi connectivity index (χ4n) is 2.74. The molecule has 4 nitrogen and oxygen atoms in total. The van der Waals surface area contributed by atoms with Crippen molar-refractivity contribution in [2.75, 3.05) is 13.2 Å². The van der Waals surface area contributed by atoms with Crippen molar-refractivity contribution in [3.8, 4) is 0 Å². The minimum absolute atomic E-state index is 0.186. The Morgan fingerprint density at radius 2 is 1.83 bits per heavy atom. The number of carbonyl (C=O) groups is 1. The molecule has 23 heavy (non-hydrogen) atoms. The Hall–Kier alpha value is -0.870. The van der Waals surface area contributed by atoms with Gasteiger partial charge in [0, 0.05) is 6.61 Å². The van der Waals surface area contributed by atoms with E-state index in [1.165, 1.54) is 44.9 Å². The van der Waals surface area contributed by atoms with Crippen molar-refractivity contribution in [1.82, 2.24) is 0 Å². The van der Waals surface area contributed by atoms with E-state index in [4.69, 9.17) is 14.6 Å². The molecule has 1 aliphatic rings. The normalized spacial score (nSPS) is 20.2. The Bertz CT molecular complexity index is 327. The molecule has 0 spiro atoms. The average molecular weight is 326 g/mol. The van der Waals surface area contributed by atoms with E-state index in [9.17, 15) is 4.79 Å². The van der Waals surface area contributed by atoms with Gasteiger partial charge in [0.25, 0.3) is 0 Å². The van der Waals surface area contributed by atoms with Crippen LogP contribution in [-0.2, 0) is 14.3 Å². The van der Waals surface area contributed by atoms with Crippen molar-refractivity contribution in [3.63, 3.8) is 0 Å². The van der Waals surface area contributed by atoms with Crippen molar-refractivity contribution < 1.29 is 19.4 Å². The maximum Gasteiger partial charge on any atom is 0.329 e. The number of unbranched alkanes of at least 4 members (excludes halogenated alkanes) is 7. The van der Waals surface area contributed by atoms with Crippen LogP contribution in [0.3, 0.4) is 0 Å². The van der Waals surface area contributed by atoms with Gasteiger partial charge in [-0.1, -0.05) is 57.6 Å². The van der Waals surface area contributed by atoms with Crippen LogP contribution in [0, 0.1) is 0 Å². The molecule has 0 aromatic heterocycles. The molecule has 1 fully saturated rings. The number of ether oxygens (including phenoxy) is 2. The summed E-state index contributed by atoms with van der Waals surface area (Å²) < 4.78 is 10.7. The Morgan fingerprint density at radius 1 is 1.04 bits per heavy atom. The lowest BCUT2D eigenvalue weighted by Gasteiger charge is -1.99. The third kappa shape index (κ3) is 12.2. The van der Waals surface area contributed by atoms with Gasteiger partial charge in [-0.25, -0.2) is 4.79 Å². The Balaban J connectivity index is 1.81. The molecule has 0 amide bonds. The summed E-state index contributed by atoms with van der Waals surface area (Å²) in [4.78, 5) is 10.2. The molecule has 1 N–H and O–H groups in total. The minimum atomic E-state index is -0.898. The topological polar surface area (TPSA) is 59.1 Å². The Kier molecular flexibility index (Phi) is 11.9. The van der Waals surface area contributed by atoms with Crippen LogP contribution in [0.4, 0.5) is 0 Å². The van der Waals surface area contributed by atoms with Crippen LogP contribution in [0.15, 0.2) is 12.2 Å². The van der Waals surface area contributed by atoms with Gasteiger partial charge in [-0.2, -0.15) is 0 Å². The highest BCUT2D eigenvalue weighted by atomic mass is 16.6. The molecule has 4 heteroatoms. The lowest BCUT2D eigenvalue weighted by atomic mass is 10.1. The number of carboxylic acids is 1. The first kappa shape index (κ1) is 20.2. The SMILES string of the molecule is CCCCCCCCC1OC1C/C=C\CCCCOCC(=O)O. The van der Waals surface area contributed by atoms with Gasteiger partial charge in [0.2, 0.25) is 0 Å². The molecule has 0 radical (unpaired) electrons. The van der Waals surface area contributed by atoms with Gasteiger partial charge in [-0.3, -0.25) is 0 Å². The molecule has 1 saturated heterocycles. The smallest absolute Gasteiger partial charge is 0.329 e. The van der Waals surface area contributed by atoms with Gasteiger partial charge in [-0.05, 0) is 32.1 Å². The van der Waals surface area contributed by atoms with Gasteiger partial charge in [-0.15, -0.1) is 0 Å². The summed E-state index contributed by atoms with van der Waals surface area (Å²) in [5.74, 6) is -0.898. The predicted molar refractivity (Wildman–Crippen MR) is 92.7 cm³/mol. The quantitative estimate of drug-likeness (QED) is 0.253. The van der Waals surface area contributed by atoms with E-state index in [2.05, 4.69) is 19.1 Å². The third-order valence-corrected chi connectivity index (χ3v) is 4.20. The number of carboxylic acid groups (broad SMARTS) is 1. The molecule has 0 aromatic rings. The first-order valence-corrected chi connectivity index (χ1v) is 9.34. The van der Waals surface area contributed by atoms with Gasteiger partial charge in [0.05, 0.1) is 12.2 Å². The zero-order valence-corrected chi connectivity index (χ0v) is 14.7. The predicted octanol–water partition coefficient (Wildman–Crippen LogP) is 4.72. The van der Waals surface area contributed by atoms with E-state index in [0.717, 1.165) is 25.7 Å². The summed E-state index contributed by atoms with van der Waals surface area (Å²) in [5.41, 5.74) is 0. The van der Waals surface area contributed by atoms with Crippen LogP contribution in [0.1, 0.15) is 77.6 Å². The third-order valence-electron chi connectivity index (χ3n) is 4.20. The van der Waals surface area contributed by atoms with E-state index in [-0.39, 0.29) is 6.61 Å². The number of epoxide rings is 1. The van der Waals surface area contributed by atoms with Gasteiger partial charge in [0.1, 0.15) is 6.61 Å². The minimum Gasteiger partial charge on any atom is -0.480 e. The number of hydrogen-bond donors (Lipinski definition) is 1. The highest BCUT2D eigenvalue weighted by molar-refractivity contribution is 5.67. The summed E-state index contributed by atoms with van der Waals surface area (Å²) in [5, 5.41) is 8.42. The first-order valence-electron chi connectivity index (χ1n) is 9.34. The fraction of sp³-hybridized carbons (Fsp3) is 0.842. The highest BCUT2D eigenvalue weighted by Crippen LogP contribution is 2.30. The summed E-state index contributed by atoms with van der Waals surface area (Å²) in [6.07, 6.45) is 18.8. The second-order valence-electron chi connectivity index (χ2n) is 6.42. The van der Waals surface area contributed by atoms with Crippen molar-refractivity contribution >= 4 is 5.97 Å². The monoisotopic (exact) mass is 326 g/mol. The van der Waals surface area contributed by atoms with Crippen molar-refractivity contribution in [1.29, 1.82) is 0 Å². The van der Waals surface area contributed by atoms with E-state index >= 15 is 0 Å². The fourth-order valence-corrected chi connectivity index (χ4v) is 2.74. The summed E-state index contributed by atoms with van der Waals surface area (Å²) in [6, 6.07) is 0. The maximum absolute atomic E-state index is 10.2. The van der Waals surface area contributed by atoms with Crippen LogP contribution in [0.2, 0.25) is 0 Å². The molecule has 0 saturated carbocycles. The molecule has 0 aliphatic carbocycles. The van der Waals surface area contributed by atoms with Crippen molar-refractivity contribution in [3.05, 3.63) is 12.2 Å². The first-order chi connectivity index (χ1) is 11.2. The van der Waals surface area contributed by atoms with Gasteiger partial charge >= 0.3 is 5.97 Å². The summed E-state index contributed by atoms with van der Waals surface area (Å²) in [6.45, 7) is 2.60. The number of hydrogen-bond acceptors (Lipinski definition) is 3. The highest BCUT2D eigenvalue weighted by Gasteiger charge is 2.36. The lowest BCUT2D eigenvalue weighted by molar-refractivity contribution is -0.142. The molecule has 134 valence electrons. The van der Waals surface area contributed by atoms with Gasteiger partial charge < -0.3 is 14.6 Å². The summed E-state index contributed by atoms with van der Waals surface area (Å²) in [7, 11) is 0. The average Bonchev–Trinajstić information content (AvgIpc) is 3.27. The van der Waals surface area contributed by atoms with Crippen LogP contribution in [0.25, 0.3) is 0 Å². The maximum atomic E-state index is 10.2. The lowest BCUT2D eigenvalue weighted by Crippen LogP contribution is -2.07. The molecule has 0 bridgehead atoms. The molecule has 0 aromatic carbocycles. The van der Waals surface area contributed by atoms with E-state index in [1.807, 2.05) is 0 Å². The largest absolute Gasteiger partial charge is 0.480 e. The molecular formula is C19H34O4. The summed E-state index contributed by atoms with van der Waals surface area (Å²) >= 11 is 0. The second kappa shape index (κ2) is 13.6. The molecular weight excluding hydrogens is 292 g/mol. The molecule has 2 atom stereocenters. The van der Waals surface area contributed by atoms with Crippen LogP contribution in [0.5, 0.6) is 0 Å². The standard InChI is InChI=1S/C19H34O4/c1-2-3-4-5-7-10-13-17-18(23-17)14-11-8-6-9-12-15-22-16-19(20)21/h8,11,17-18H,2-7,9-10,12-16H2,1H3,(H,20,21)/b11-8-. The van der Waals surface area contributed by atoms with Crippen LogP contribution < -0.4 is 0 Å². The zero-order chi connectivity index (χ0) is 16.8. The molecule has 1 aliphatic heterocycles. The van der Waals surface area contributed by atoms with Crippen LogP contribution in [-0.4, -0.2) is 36.5 Å². The van der Waals surface area contributed by atoms with Gasteiger partial charge in [0.15, 0.2) is 0 Å². The Morgan fingerprint density at radius 3 is 2.61 bits per heavy atom. The molecule has 2 unspecified atom stereocenters. The number of allylic oxidation sites excluding steroid dienone is 1. The van der Waals surface area contributed by atoms with Crippen molar-refractivity contribution in [2.45, 2.75) is 89.8 Å². The molecule has 1 heterocycles. The van der Waals surface area contributed by atoms with Crippen molar-refractivity contribution in [2.24, 2.45) is 0 Å².